The lowest BCUT2D eigenvalue weighted by Gasteiger charge is -2.08. The lowest BCUT2D eigenvalue weighted by Crippen LogP contribution is -2.29. The second-order valence-electron chi connectivity index (χ2n) is 2.55. The molecule has 0 radical (unpaired) electrons. The molecule has 2 amide bonds. The molecular formula is C9H10N2O4-2. The average Bonchev–Trinajstić information content (AvgIpc) is 2.07. The van der Waals surface area contributed by atoms with E-state index in [1.165, 1.54) is 0 Å². The van der Waals surface area contributed by atoms with Crippen LogP contribution in [0.2, 0.25) is 0 Å². The highest BCUT2D eigenvalue weighted by Gasteiger charge is 1.93. The van der Waals surface area contributed by atoms with Crippen molar-refractivity contribution in [2.75, 3.05) is 5.32 Å². The van der Waals surface area contributed by atoms with Crippen molar-refractivity contribution in [2.24, 2.45) is 5.73 Å². The quantitative estimate of drug-likeness (QED) is 0.620. The average molecular weight is 210 g/mol. The van der Waals surface area contributed by atoms with Gasteiger partial charge in [-0.2, -0.15) is 0 Å². The van der Waals surface area contributed by atoms with E-state index in [1.54, 1.807) is 12.1 Å². The first-order valence-electron chi connectivity index (χ1n) is 3.93. The first-order valence-corrected chi connectivity index (χ1v) is 3.93. The molecule has 6 heteroatoms. The molecule has 0 spiro atoms. The third-order valence-electron chi connectivity index (χ3n) is 1.38. The second kappa shape index (κ2) is 6.25. The SMILES string of the molecule is Cc1ccccc1NC(=O)[O-].NC(=O)[O-]. The van der Waals surface area contributed by atoms with Crippen LogP contribution in [-0.4, -0.2) is 12.2 Å². The number of anilines is 1. The van der Waals surface area contributed by atoms with Gasteiger partial charge in [-0.1, -0.05) is 18.2 Å². The number of carbonyl (C=O) groups excluding carboxylic acids is 2. The van der Waals surface area contributed by atoms with E-state index in [-0.39, 0.29) is 0 Å². The van der Waals surface area contributed by atoms with E-state index in [2.05, 4.69) is 11.1 Å². The summed E-state index contributed by atoms with van der Waals surface area (Å²) in [7, 11) is 0. The van der Waals surface area contributed by atoms with Gasteiger partial charge in [-0.15, -0.1) is 0 Å². The summed E-state index contributed by atoms with van der Waals surface area (Å²) in [6, 6.07) is 7.12. The van der Waals surface area contributed by atoms with Crippen LogP contribution in [-0.2, 0) is 0 Å². The van der Waals surface area contributed by atoms with E-state index < -0.39 is 12.2 Å². The van der Waals surface area contributed by atoms with Crippen molar-refractivity contribution < 1.29 is 19.8 Å². The summed E-state index contributed by atoms with van der Waals surface area (Å²) in [6.07, 6.45) is -2.86. The van der Waals surface area contributed by atoms with Crippen molar-refractivity contribution in [2.45, 2.75) is 6.92 Å². The van der Waals surface area contributed by atoms with E-state index >= 15 is 0 Å². The molecular weight excluding hydrogens is 200 g/mol. The molecule has 0 atom stereocenters. The Morgan fingerprint density at radius 3 is 2.13 bits per heavy atom. The van der Waals surface area contributed by atoms with Crippen LogP contribution in [0.1, 0.15) is 5.56 Å². The predicted octanol–water partition coefficient (Wildman–Crippen LogP) is -0.961. The lowest BCUT2D eigenvalue weighted by atomic mass is 10.2. The fraction of sp³-hybridized carbons (Fsp3) is 0.111. The van der Waals surface area contributed by atoms with Crippen LogP contribution in [0.15, 0.2) is 24.3 Å². The van der Waals surface area contributed by atoms with Gasteiger partial charge in [0.2, 0.25) is 0 Å². The van der Waals surface area contributed by atoms with Crippen LogP contribution < -0.4 is 21.3 Å². The molecule has 0 aliphatic rings. The van der Waals surface area contributed by atoms with Gasteiger partial charge < -0.3 is 30.9 Å². The van der Waals surface area contributed by atoms with Crippen LogP contribution >= 0.6 is 0 Å². The van der Waals surface area contributed by atoms with Crippen LogP contribution in [0.3, 0.4) is 0 Å². The number of hydrogen-bond acceptors (Lipinski definition) is 4. The Labute approximate surface area is 86.3 Å². The topological polar surface area (TPSA) is 118 Å². The standard InChI is InChI=1S/C8H9NO2.CH3NO2/c1-6-4-2-3-5-7(6)9-8(10)11;2-1(3)4/h2-5,9H,1H3,(H,10,11);2H2,(H,3,4)/p-2. The predicted molar refractivity (Wildman–Crippen MR) is 49.8 cm³/mol. The van der Waals surface area contributed by atoms with Crippen molar-refractivity contribution in [3.8, 4) is 0 Å². The van der Waals surface area contributed by atoms with Crippen molar-refractivity contribution in [3.63, 3.8) is 0 Å². The van der Waals surface area contributed by atoms with Crippen LogP contribution in [0.4, 0.5) is 15.3 Å². The maximum absolute atomic E-state index is 10.1. The highest BCUT2D eigenvalue weighted by Crippen LogP contribution is 2.11. The third kappa shape index (κ3) is 6.88. The summed E-state index contributed by atoms with van der Waals surface area (Å²) in [5.74, 6) is 0. The number of carboxylic acid groups (broad SMARTS) is 2. The normalized spacial score (nSPS) is 8.33. The molecule has 1 aromatic rings. The number of nitrogens with one attached hydrogen (secondary N) is 1. The maximum Gasteiger partial charge on any atom is 0.138 e. The molecule has 15 heavy (non-hydrogen) atoms. The molecule has 6 nitrogen and oxygen atoms in total. The first-order chi connectivity index (χ1) is 6.93. The molecule has 1 aromatic carbocycles. The van der Waals surface area contributed by atoms with Gasteiger partial charge >= 0.3 is 0 Å². The smallest absolute Gasteiger partial charge is 0.138 e. The third-order valence-corrected chi connectivity index (χ3v) is 1.38. The maximum atomic E-state index is 10.1. The largest absolute Gasteiger partial charge is 0.530 e. The van der Waals surface area contributed by atoms with E-state index in [1.807, 2.05) is 19.1 Å². The van der Waals surface area contributed by atoms with Gasteiger partial charge in [-0.25, -0.2) is 0 Å². The molecule has 82 valence electrons. The number of aryl methyl sites for hydroxylation is 1. The number of amides is 2. The van der Waals surface area contributed by atoms with Gasteiger partial charge in [0.1, 0.15) is 12.2 Å². The van der Waals surface area contributed by atoms with Crippen molar-refractivity contribution in [1.82, 2.24) is 0 Å². The summed E-state index contributed by atoms with van der Waals surface area (Å²) >= 11 is 0. The number of benzene rings is 1. The highest BCUT2D eigenvalue weighted by molar-refractivity contribution is 5.82. The number of para-hydroxylation sites is 1. The van der Waals surface area contributed by atoms with Gasteiger partial charge in [0.05, 0.1) is 0 Å². The molecule has 0 fully saturated rings. The lowest BCUT2D eigenvalue weighted by molar-refractivity contribution is -0.246. The molecule has 0 saturated carbocycles. The van der Waals surface area contributed by atoms with Crippen LogP contribution in [0.25, 0.3) is 0 Å². The Kier molecular flexibility index (Phi) is 5.32. The molecule has 0 bridgehead atoms. The highest BCUT2D eigenvalue weighted by atomic mass is 16.4. The summed E-state index contributed by atoms with van der Waals surface area (Å²) in [4.78, 5) is 18.8. The van der Waals surface area contributed by atoms with Gasteiger partial charge in [0.25, 0.3) is 0 Å². The van der Waals surface area contributed by atoms with Crippen molar-refractivity contribution >= 4 is 17.9 Å². The number of hydrogen-bond donors (Lipinski definition) is 2. The molecule has 0 aromatic heterocycles. The molecule has 0 saturated heterocycles. The van der Waals surface area contributed by atoms with Gasteiger partial charge in [0, 0.05) is 5.69 Å². The minimum atomic E-state index is -1.58. The summed E-state index contributed by atoms with van der Waals surface area (Å²) < 4.78 is 0. The Bertz CT molecular complexity index is 348. The van der Waals surface area contributed by atoms with Gasteiger partial charge in [0.15, 0.2) is 0 Å². The van der Waals surface area contributed by atoms with Crippen LogP contribution in [0.5, 0.6) is 0 Å². The number of nitrogens with two attached hydrogens (primary N) is 1. The molecule has 0 unspecified atom stereocenters. The van der Waals surface area contributed by atoms with Gasteiger partial charge in [-0.3, -0.25) is 0 Å². The Morgan fingerprint density at radius 2 is 1.73 bits per heavy atom. The zero-order valence-corrected chi connectivity index (χ0v) is 8.02. The molecule has 1 rings (SSSR count). The van der Waals surface area contributed by atoms with Crippen molar-refractivity contribution in [1.29, 1.82) is 0 Å². The van der Waals surface area contributed by atoms with Gasteiger partial charge in [-0.05, 0) is 18.6 Å². The minimum absolute atomic E-state index is 0.576. The monoisotopic (exact) mass is 210 g/mol. The molecule has 0 heterocycles. The minimum Gasteiger partial charge on any atom is -0.530 e. The zero-order valence-electron chi connectivity index (χ0n) is 8.02. The Morgan fingerprint density at radius 1 is 1.27 bits per heavy atom. The van der Waals surface area contributed by atoms with E-state index in [9.17, 15) is 9.90 Å². The number of carbonyl (C=O) groups is 2. The second-order valence-corrected chi connectivity index (χ2v) is 2.55. The Balaban J connectivity index is 0.000000423. The summed E-state index contributed by atoms with van der Waals surface area (Å²) in [5.41, 5.74) is 5.38. The number of primary amides is 1. The first kappa shape index (κ1) is 12.8. The van der Waals surface area contributed by atoms with Crippen molar-refractivity contribution in [3.05, 3.63) is 29.8 Å². The zero-order chi connectivity index (χ0) is 11.8. The molecule has 0 aliphatic carbocycles. The Hall–Kier alpha value is -2.24. The number of rotatable bonds is 1. The van der Waals surface area contributed by atoms with E-state index in [0.717, 1.165) is 5.56 Å². The fourth-order valence-electron chi connectivity index (χ4n) is 0.823. The molecule has 0 aliphatic heterocycles. The van der Waals surface area contributed by atoms with Crippen LogP contribution in [0, 0.1) is 6.92 Å². The summed E-state index contributed by atoms with van der Waals surface area (Å²) in [5, 5.41) is 20.9. The molecule has 3 N–H and O–H groups in total. The fourth-order valence-corrected chi connectivity index (χ4v) is 0.823. The van der Waals surface area contributed by atoms with E-state index in [0.29, 0.717) is 5.69 Å². The summed E-state index contributed by atoms with van der Waals surface area (Å²) in [6.45, 7) is 1.82. The van der Waals surface area contributed by atoms with E-state index in [4.69, 9.17) is 9.90 Å².